The predicted octanol–water partition coefficient (Wildman–Crippen LogP) is 3.62. The van der Waals surface area contributed by atoms with Crippen molar-refractivity contribution < 1.29 is 4.39 Å². The van der Waals surface area contributed by atoms with Crippen molar-refractivity contribution in [2.24, 2.45) is 0 Å². The lowest BCUT2D eigenvalue weighted by Gasteiger charge is -2.07. The Morgan fingerprint density at radius 2 is 1.90 bits per heavy atom. The molecule has 0 fully saturated rings. The fourth-order valence-electron chi connectivity index (χ4n) is 1.99. The average molecular weight is 267 g/mol. The number of nitrogens with one attached hydrogen (secondary N) is 1. The van der Waals surface area contributed by atoms with Gasteiger partial charge < -0.3 is 5.32 Å². The molecule has 1 heterocycles. The number of benzene rings is 2. The van der Waals surface area contributed by atoms with Crippen molar-refractivity contribution in [1.29, 1.82) is 0 Å². The van der Waals surface area contributed by atoms with Gasteiger partial charge in [0, 0.05) is 24.6 Å². The van der Waals surface area contributed by atoms with Crippen LogP contribution in [0, 0.1) is 5.82 Å². The molecule has 0 aliphatic heterocycles. The molecule has 1 N–H and O–H groups in total. The van der Waals surface area contributed by atoms with Gasteiger partial charge in [0.05, 0.1) is 5.69 Å². The van der Waals surface area contributed by atoms with Crippen molar-refractivity contribution in [3.8, 4) is 5.69 Å². The number of hydrogen-bond donors (Lipinski definition) is 1. The normalized spacial score (nSPS) is 10.4. The Labute approximate surface area is 116 Å². The fraction of sp³-hybridized carbons (Fsp3) is 0.0625. The van der Waals surface area contributed by atoms with E-state index in [0.29, 0.717) is 6.54 Å². The van der Waals surface area contributed by atoms with Crippen LogP contribution in [0.5, 0.6) is 0 Å². The number of hydrogen-bond acceptors (Lipinski definition) is 2. The summed E-state index contributed by atoms with van der Waals surface area (Å²) in [6, 6.07) is 16.4. The minimum absolute atomic E-state index is 0.232. The molecule has 0 spiro atoms. The molecule has 0 saturated carbocycles. The Bertz CT molecular complexity index is 675. The Morgan fingerprint density at radius 1 is 1.05 bits per heavy atom. The average Bonchev–Trinajstić information content (AvgIpc) is 3.00. The topological polar surface area (TPSA) is 29.9 Å². The predicted molar refractivity (Wildman–Crippen MR) is 77.3 cm³/mol. The molecule has 20 heavy (non-hydrogen) atoms. The molecule has 4 heteroatoms. The third-order valence-corrected chi connectivity index (χ3v) is 3.03. The third-order valence-electron chi connectivity index (χ3n) is 3.03. The third kappa shape index (κ3) is 2.85. The van der Waals surface area contributed by atoms with E-state index in [1.165, 1.54) is 12.1 Å². The van der Waals surface area contributed by atoms with Crippen LogP contribution in [-0.4, -0.2) is 9.78 Å². The molecule has 0 aliphatic rings. The first kappa shape index (κ1) is 12.4. The molecule has 0 radical (unpaired) electrons. The van der Waals surface area contributed by atoms with Crippen LogP contribution in [0.1, 0.15) is 5.56 Å². The van der Waals surface area contributed by atoms with Crippen molar-refractivity contribution in [1.82, 2.24) is 9.78 Å². The van der Waals surface area contributed by atoms with E-state index in [-0.39, 0.29) is 5.82 Å². The smallest absolute Gasteiger partial charge is 0.125 e. The standard InChI is InChI=1S/C16H14FN3/c17-14-3-1-4-15(11-14)18-12-13-5-7-16(8-6-13)20-10-2-9-19-20/h1-11,18H,12H2. The summed E-state index contributed by atoms with van der Waals surface area (Å²) in [4.78, 5) is 0. The first-order chi connectivity index (χ1) is 9.81. The maximum absolute atomic E-state index is 13.1. The molecule has 3 rings (SSSR count). The first-order valence-corrected chi connectivity index (χ1v) is 6.40. The van der Waals surface area contributed by atoms with E-state index in [0.717, 1.165) is 16.9 Å². The van der Waals surface area contributed by atoms with E-state index in [4.69, 9.17) is 0 Å². The van der Waals surface area contributed by atoms with Gasteiger partial charge in [-0.3, -0.25) is 0 Å². The molecule has 0 atom stereocenters. The molecule has 1 aromatic heterocycles. The van der Waals surface area contributed by atoms with Gasteiger partial charge in [-0.05, 0) is 42.0 Å². The molecule has 3 nitrogen and oxygen atoms in total. The van der Waals surface area contributed by atoms with E-state index < -0.39 is 0 Å². The Kier molecular flexibility index (Phi) is 3.46. The van der Waals surface area contributed by atoms with Gasteiger partial charge in [0.15, 0.2) is 0 Å². The van der Waals surface area contributed by atoms with Crippen molar-refractivity contribution in [3.05, 3.63) is 78.4 Å². The molecule has 2 aromatic carbocycles. The number of rotatable bonds is 4. The van der Waals surface area contributed by atoms with Crippen LogP contribution in [0.3, 0.4) is 0 Å². The van der Waals surface area contributed by atoms with E-state index in [9.17, 15) is 4.39 Å². The van der Waals surface area contributed by atoms with Gasteiger partial charge in [-0.1, -0.05) is 18.2 Å². The van der Waals surface area contributed by atoms with Gasteiger partial charge >= 0.3 is 0 Å². The van der Waals surface area contributed by atoms with Gasteiger partial charge in [-0.2, -0.15) is 5.10 Å². The zero-order chi connectivity index (χ0) is 13.8. The second-order valence-corrected chi connectivity index (χ2v) is 4.48. The first-order valence-electron chi connectivity index (χ1n) is 6.40. The van der Waals surface area contributed by atoms with Crippen molar-refractivity contribution >= 4 is 5.69 Å². The molecule has 0 saturated heterocycles. The maximum Gasteiger partial charge on any atom is 0.125 e. The minimum Gasteiger partial charge on any atom is -0.381 e. The quantitative estimate of drug-likeness (QED) is 0.782. The fourth-order valence-corrected chi connectivity index (χ4v) is 1.99. The highest BCUT2D eigenvalue weighted by Crippen LogP contribution is 2.13. The number of halogens is 1. The highest BCUT2D eigenvalue weighted by Gasteiger charge is 1.98. The summed E-state index contributed by atoms with van der Waals surface area (Å²) in [5, 5.41) is 7.37. The van der Waals surface area contributed by atoms with Gasteiger partial charge in [-0.15, -0.1) is 0 Å². The molecule has 0 bridgehead atoms. The minimum atomic E-state index is -0.232. The Hall–Kier alpha value is -2.62. The second-order valence-electron chi connectivity index (χ2n) is 4.48. The molecule has 0 amide bonds. The van der Waals surface area contributed by atoms with Crippen molar-refractivity contribution in [2.45, 2.75) is 6.54 Å². The van der Waals surface area contributed by atoms with E-state index >= 15 is 0 Å². The number of aromatic nitrogens is 2. The molecular formula is C16H14FN3. The van der Waals surface area contributed by atoms with Crippen LogP contribution in [0.15, 0.2) is 67.0 Å². The summed E-state index contributed by atoms with van der Waals surface area (Å²) in [6.45, 7) is 0.656. The van der Waals surface area contributed by atoms with Crippen LogP contribution >= 0.6 is 0 Å². The van der Waals surface area contributed by atoms with Crippen LogP contribution in [-0.2, 0) is 6.54 Å². The van der Waals surface area contributed by atoms with Crippen LogP contribution in [0.2, 0.25) is 0 Å². The summed E-state index contributed by atoms with van der Waals surface area (Å²) >= 11 is 0. The van der Waals surface area contributed by atoms with Crippen LogP contribution < -0.4 is 5.32 Å². The van der Waals surface area contributed by atoms with Gasteiger partial charge in [-0.25, -0.2) is 9.07 Å². The monoisotopic (exact) mass is 267 g/mol. The second kappa shape index (κ2) is 5.57. The van der Waals surface area contributed by atoms with Crippen molar-refractivity contribution in [3.63, 3.8) is 0 Å². The highest BCUT2D eigenvalue weighted by atomic mass is 19.1. The van der Waals surface area contributed by atoms with Crippen LogP contribution in [0.4, 0.5) is 10.1 Å². The Morgan fingerprint density at radius 3 is 2.60 bits per heavy atom. The maximum atomic E-state index is 13.1. The summed E-state index contributed by atoms with van der Waals surface area (Å²) in [5.74, 6) is -0.232. The summed E-state index contributed by atoms with van der Waals surface area (Å²) in [5.41, 5.74) is 2.93. The lowest BCUT2D eigenvalue weighted by atomic mass is 10.2. The summed E-state index contributed by atoms with van der Waals surface area (Å²) < 4.78 is 14.9. The molecule has 3 aromatic rings. The van der Waals surface area contributed by atoms with E-state index in [1.807, 2.05) is 47.3 Å². The van der Waals surface area contributed by atoms with Crippen LogP contribution in [0.25, 0.3) is 5.69 Å². The van der Waals surface area contributed by atoms with Gasteiger partial charge in [0.25, 0.3) is 0 Å². The van der Waals surface area contributed by atoms with E-state index in [2.05, 4.69) is 10.4 Å². The van der Waals surface area contributed by atoms with E-state index in [1.54, 1.807) is 12.3 Å². The molecule has 0 aliphatic carbocycles. The zero-order valence-electron chi connectivity index (χ0n) is 10.8. The molecular weight excluding hydrogens is 253 g/mol. The highest BCUT2D eigenvalue weighted by molar-refractivity contribution is 5.44. The molecule has 100 valence electrons. The number of nitrogens with zero attached hydrogens (tertiary/aromatic N) is 2. The van der Waals surface area contributed by atoms with Gasteiger partial charge in [0.2, 0.25) is 0 Å². The van der Waals surface area contributed by atoms with Crippen molar-refractivity contribution in [2.75, 3.05) is 5.32 Å². The Balaban J connectivity index is 1.67. The molecule has 0 unspecified atom stereocenters. The van der Waals surface area contributed by atoms with Gasteiger partial charge in [0.1, 0.15) is 5.82 Å². The SMILES string of the molecule is Fc1cccc(NCc2ccc(-n3cccn3)cc2)c1. The largest absolute Gasteiger partial charge is 0.381 e. The zero-order valence-corrected chi connectivity index (χ0v) is 10.8. The summed E-state index contributed by atoms with van der Waals surface area (Å²) in [6.07, 6.45) is 3.65. The number of anilines is 1. The summed E-state index contributed by atoms with van der Waals surface area (Å²) in [7, 11) is 0. The lowest BCUT2D eigenvalue weighted by Crippen LogP contribution is -2.00. The lowest BCUT2D eigenvalue weighted by molar-refractivity contribution is 0.628.